The second-order valence-corrected chi connectivity index (χ2v) is 12.9. The van der Waals surface area contributed by atoms with Gasteiger partial charge in [-0.05, 0) is 94.8 Å². The summed E-state index contributed by atoms with van der Waals surface area (Å²) in [5.41, 5.74) is 9.53. The third kappa shape index (κ3) is 10.0. The molecular weight excluding hydrogens is 578 g/mol. The van der Waals surface area contributed by atoms with Crippen LogP contribution in [0.1, 0.15) is 22.3 Å². The molecule has 0 aliphatic heterocycles. The number of rotatable bonds is 18. The number of ether oxygens (including phenoxy) is 6. The number of fused-ring (bicyclic) bond motifs is 1. The number of hydrogen-bond donors (Lipinski definition) is 0. The molecule has 4 aromatic carbocycles. The minimum atomic E-state index is 0.495. The van der Waals surface area contributed by atoms with Gasteiger partial charge >= 0.3 is 0 Å². The molecule has 0 radical (unpaired) electrons. The summed E-state index contributed by atoms with van der Waals surface area (Å²) in [6.45, 7) is 11.6. The first-order valence-corrected chi connectivity index (χ1v) is 16.1. The predicted molar refractivity (Wildman–Crippen MR) is 187 cm³/mol. The van der Waals surface area contributed by atoms with E-state index in [9.17, 15) is 0 Å². The molecule has 4 rings (SSSR count). The van der Waals surface area contributed by atoms with Gasteiger partial charge in [-0.3, -0.25) is 0 Å². The minimum absolute atomic E-state index is 0.495. The van der Waals surface area contributed by atoms with Crippen molar-refractivity contribution in [2.75, 3.05) is 88.2 Å². The number of aryl methyl sites for hydroxylation is 3. The Bertz CT molecular complexity index is 1580. The van der Waals surface area contributed by atoms with Crippen molar-refractivity contribution in [3.8, 4) is 33.8 Å². The smallest absolute Gasteiger partial charge is 0.128 e. The molecule has 0 saturated heterocycles. The van der Waals surface area contributed by atoms with Crippen LogP contribution in [-0.2, 0) is 25.5 Å². The first-order valence-electron chi connectivity index (χ1n) is 16.1. The third-order valence-corrected chi connectivity index (χ3v) is 7.69. The van der Waals surface area contributed by atoms with E-state index < -0.39 is 0 Å². The van der Waals surface area contributed by atoms with Crippen LogP contribution in [0.2, 0.25) is 0 Å². The summed E-state index contributed by atoms with van der Waals surface area (Å²) in [6.07, 6.45) is 0. The first-order chi connectivity index (χ1) is 22.1. The Hall–Kier alpha value is -3.46. The Morgan fingerprint density at radius 3 is 1.50 bits per heavy atom. The van der Waals surface area contributed by atoms with Crippen LogP contribution in [0.3, 0.4) is 0 Å². The molecule has 0 aliphatic rings. The van der Waals surface area contributed by atoms with E-state index in [4.69, 9.17) is 28.4 Å². The molecule has 7 nitrogen and oxygen atoms in total. The largest absolute Gasteiger partial charge is 0.491 e. The predicted octanol–water partition coefficient (Wildman–Crippen LogP) is 7.39. The molecule has 46 heavy (non-hydrogen) atoms. The fourth-order valence-electron chi connectivity index (χ4n) is 5.64. The van der Waals surface area contributed by atoms with Gasteiger partial charge in [0.05, 0.1) is 60.8 Å². The number of hydrogen-bond acceptors (Lipinski definition) is 6. The first kappa shape index (κ1) is 35.4. The van der Waals surface area contributed by atoms with Gasteiger partial charge in [0.1, 0.15) is 31.3 Å². The Morgan fingerprint density at radius 2 is 1.00 bits per heavy atom. The van der Waals surface area contributed by atoms with Crippen LogP contribution in [0.4, 0.5) is 0 Å². The van der Waals surface area contributed by atoms with Crippen LogP contribution in [0, 0.1) is 20.8 Å². The van der Waals surface area contributed by atoms with E-state index in [-0.39, 0.29) is 0 Å². The van der Waals surface area contributed by atoms with Crippen LogP contribution in [0.25, 0.3) is 33.0 Å². The highest BCUT2D eigenvalue weighted by Gasteiger charge is 2.18. The Morgan fingerprint density at radius 1 is 0.522 bits per heavy atom. The van der Waals surface area contributed by atoms with E-state index in [1.165, 1.54) is 49.7 Å². The van der Waals surface area contributed by atoms with Gasteiger partial charge in [0.25, 0.3) is 0 Å². The lowest BCUT2D eigenvalue weighted by atomic mass is 9.89. The molecule has 0 N–H and O–H groups in total. The molecule has 0 spiro atoms. The number of nitrogens with zero attached hydrogens (tertiary/aromatic N) is 1. The quantitative estimate of drug-likeness (QED) is 0.0845. The summed E-state index contributed by atoms with van der Waals surface area (Å²) in [5.74, 6) is 1.78. The normalized spacial score (nSPS) is 11.7. The average Bonchev–Trinajstić information content (AvgIpc) is 3.00. The highest BCUT2D eigenvalue weighted by atomic mass is 16.5. The zero-order valence-electron chi connectivity index (χ0n) is 29.0. The second-order valence-electron chi connectivity index (χ2n) is 12.9. The fourth-order valence-corrected chi connectivity index (χ4v) is 5.64. The summed E-state index contributed by atoms with van der Waals surface area (Å²) in [4.78, 5) is 0. The van der Waals surface area contributed by atoms with Crippen molar-refractivity contribution in [3.63, 3.8) is 0 Å². The molecule has 0 aromatic heterocycles. The summed E-state index contributed by atoms with van der Waals surface area (Å²) < 4.78 is 34.3. The van der Waals surface area contributed by atoms with Gasteiger partial charge < -0.3 is 32.9 Å². The van der Waals surface area contributed by atoms with Crippen molar-refractivity contribution in [1.29, 1.82) is 0 Å². The lowest BCUT2D eigenvalue weighted by Crippen LogP contribution is -2.33. The van der Waals surface area contributed by atoms with Gasteiger partial charge in [-0.15, -0.1) is 0 Å². The van der Waals surface area contributed by atoms with Crippen molar-refractivity contribution < 1.29 is 32.9 Å². The summed E-state index contributed by atoms with van der Waals surface area (Å²) in [6, 6.07) is 22.3. The maximum absolute atomic E-state index is 6.23. The highest BCUT2D eigenvalue weighted by Crippen LogP contribution is 2.39. The highest BCUT2D eigenvalue weighted by molar-refractivity contribution is 6.05. The summed E-state index contributed by atoms with van der Waals surface area (Å²) in [5, 5.41) is 2.48. The van der Waals surface area contributed by atoms with Crippen LogP contribution in [0.15, 0.2) is 60.7 Å². The van der Waals surface area contributed by atoms with Gasteiger partial charge in [-0.2, -0.15) is 0 Å². The maximum atomic E-state index is 6.23. The SMILES string of the molecule is COCCOCCOc1ccc(-c2cc(C)cc3c(-c4ccc(OCCOCCOC)c(C[N+](C)(C)C)c4)cc(C)cc23)cc1C. The molecule has 4 aromatic rings. The lowest BCUT2D eigenvalue weighted by Gasteiger charge is -2.25. The van der Waals surface area contributed by atoms with Crippen molar-refractivity contribution >= 4 is 10.8 Å². The number of benzene rings is 4. The molecule has 0 bridgehead atoms. The van der Waals surface area contributed by atoms with E-state index in [0.717, 1.165) is 28.1 Å². The molecule has 7 heteroatoms. The molecular formula is C39H52NO6+. The zero-order chi connectivity index (χ0) is 33.1. The van der Waals surface area contributed by atoms with Crippen LogP contribution < -0.4 is 9.47 Å². The van der Waals surface area contributed by atoms with Gasteiger partial charge in [0.2, 0.25) is 0 Å². The second kappa shape index (κ2) is 16.9. The van der Waals surface area contributed by atoms with Crippen LogP contribution in [-0.4, -0.2) is 92.7 Å². The summed E-state index contributed by atoms with van der Waals surface area (Å²) in [7, 11) is 9.97. The molecule has 0 atom stereocenters. The van der Waals surface area contributed by atoms with Gasteiger partial charge in [-0.25, -0.2) is 0 Å². The van der Waals surface area contributed by atoms with Crippen molar-refractivity contribution in [1.82, 2.24) is 0 Å². The van der Waals surface area contributed by atoms with Crippen LogP contribution >= 0.6 is 0 Å². The molecule has 0 unspecified atom stereocenters. The molecule has 0 aliphatic carbocycles. The molecule has 248 valence electrons. The van der Waals surface area contributed by atoms with E-state index in [2.05, 4.69) is 103 Å². The van der Waals surface area contributed by atoms with E-state index in [1.807, 2.05) is 0 Å². The van der Waals surface area contributed by atoms with Gasteiger partial charge in [0.15, 0.2) is 0 Å². The minimum Gasteiger partial charge on any atom is -0.491 e. The Labute approximate surface area is 275 Å². The standard InChI is InChI=1S/C39H52NO6/c1-28-21-34(31-9-11-38(30(3)25-31)45-19-17-43-15-13-41-7)36-23-29(2)22-35(37(36)24-28)32-10-12-39(33(26-32)27-40(4,5)6)46-20-18-44-16-14-42-8/h9-12,21-26H,13-20,27H2,1-8H3/q+1. The zero-order valence-corrected chi connectivity index (χ0v) is 29.0. The van der Waals surface area contributed by atoms with E-state index >= 15 is 0 Å². The van der Waals surface area contributed by atoms with E-state index in [1.54, 1.807) is 14.2 Å². The average molecular weight is 631 g/mol. The Kier molecular flexibility index (Phi) is 13.0. The lowest BCUT2D eigenvalue weighted by molar-refractivity contribution is -0.884. The van der Waals surface area contributed by atoms with Crippen LogP contribution in [0.5, 0.6) is 11.5 Å². The number of methoxy groups -OCH3 is 2. The van der Waals surface area contributed by atoms with Gasteiger partial charge in [-0.1, -0.05) is 36.4 Å². The van der Waals surface area contributed by atoms with Gasteiger partial charge in [0, 0.05) is 19.8 Å². The molecule has 0 fully saturated rings. The van der Waals surface area contributed by atoms with Crippen molar-refractivity contribution in [2.24, 2.45) is 0 Å². The monoisotopic (exact) mass is 630 g/mol. The van der Waals surface area contributed by atoms with Crippen molar-refractivity contribution in [3.05, 3.63) is 82.9 Å². The molecule has 0 heterocycles. The van der Waals surface area contributed by atoms with Crippen molar-refractivity contribution in [2.45, 2.75) is 27.3 Å². The fraction of sp³-hybridized carbons (Fsp3) is 0.436. The maximum Gasteiger partial charge on any atom is 0.128 e. The molecule has 0 saturated carbocycles. The van der Waals surface area contributed by atoms with E-state index in [0.29, 0.717) is 52.9 Å². The Balaban J connectivity index is 1.66. The molecule has 0 amide bonds. The number of quaternary nitrogens is 1. The topological polar surface area (TPSA) is 55.4 Å². The third-order valence-electron chi connectivity index (χ3n) is 7.69. The summed E-state index contributed by atoms with van der Waals surface area (Å²) >= 11 is 0.